The minimum Gasteiger partial charge on any atom is -0.397 e. The van der Waals surface area contributed by atoms with E-state index >= 15 is 0 Å². The summed E-state index contributed by atoms with van der Waals surface area (Å²) in [5, 5.41) is -0.156. The molecule has 1 aromatic rings. The lowest BCUT2D eigenvalue weighted by Gasteiger charge is -2.24. The molecule has 0 spiro atoms. The number of nitrogens with two attached hydrogens (primary N) is 3. The summed E-state index contributed by atoms with van der Waals surface area (Å²) in [6.45, 7) is 2.55. The zero-order valence-corrected chi connectivity index (χ0v) is 11.3. The normalized spacial score (nSPS) is 22.8. The van der Waals surface area contributed by atoms with Crippen LogP contribution in [0.1, 0.15) is 13.3 Å². The van der Waals surface area contributed by atoms with Crippen LogP contribution in [0.4, 0.5) is 21.5 Å². The summed E-state index contributed by atoms with van der Waals surface area (Å²) >= 11 is 5.79. The Balaban J connectivity index is 2.40. The monoisotopic (exact) mass is 286 g/mol. The molecule has 1 aliphatic rings. The molecule has 1 fully saturated rings. The summed E-state index contributed by atoms with van der Waals surface area (Å²) in [6.07, 6.45) is 0.545. The number of anilines is 3. The van der Waals surface area contributed by atoms with Crippen molar-refractivity contribution in [2.24, 2.45) is 11.1 Å². The zero-order valence-electron chi connectivity index (χ0n) is 10.5. The van der Waals surface area contributed by atoms with Crippen molar-refractivity contribution in [3.05, 3.63) is 16.9 Å². The number of nitrogen functional groups attached to an aromatic ring is 2. The molecular formula is C12H16ClFN4O. The molecule has 1 aliphatic heterocycles. The van der Waals surface area contributed by atoms with Crippen molar-refractivity contribution >= 4 is 34.6 Å². The van der Waals surface area contributed by atoms with Gasteiger partial charge in [-0.3, -0.25) is 4.79 Å². The quantitative estimate of drug-likeness (QED) is 0.715. The molecule has 1 aromatic carbocycles. The minimum absolute atomic E-state index is 0.0947. The predicted octanol–water partition coefficient (Wildman–Crippen LogP) is 1.35. The van der Waals surface area contributed by atoms with E-state index in [1.807, 2.05) is 0 Å². The molecular weight excluding hydrogens is 271 g/mol. The third-order valence-electron chi connectivity index (χ3n) is 3.62. The molecule has 0 bridgehead atoms. The Kier molecular flexibility index (Phi) is 3.22. The van der Waals surface area contributed by atoms with Crippen molar-refractivity contribution in [1.29, 1.82) is 0 Å². The fourth-order valence-corrected chi connectivity index (χ4v) is 2.48. The molecule has 1 amide bonds. The number of hydrogen-bond acceptors (Lipinski definition) is 4. The molecule has 0 aliphatic carbocycles. The van der Waals surface area contributed by atoms with Gasteiger partial charge in [0.15, 0.2) is 5.82 Å². The molecule has 1 heterocycles. The van der Waals surface area contributed by atoms with Crippen LogP contribution < -0.4 is 22.1 Å². The van der Waals surface area contributed by atoms with E-state index in [4.69, 9.17) is 28.8 Å². The minimum atomic E-state index is -0.688. The van der Waals surface area contributed by atoms with Gasteiger partial charge >= 0.3 is 0 Å². The Bertz CT molecular complexity index is 551. The smallest absolute Gasteiger partial charge is 0.225 e. The summed E-state index contributed by atoms with van der Waals surface area (Å²) in [4.78, 5) is 13.1. The van der Waals surface area contributed by atoms with Crippen LogP contribution in [0.5, 0.6) is 0 Å². The third-order valence-corrected chi connectivity index (χ3v) is 4.01. The maximum Gasteiger partial charge on any atom is 0.225 e. The molecule has 6 N–H and O–H groups in total. The van der Waals surface area contributed by atoms with Crippen molar-refractivity contribution in [1.82, 2.24) is 0 Å². The molecule has 0 aromatic heterocycles. The third kappa shape index (κ3) is 2.16. The van der Waals surface area contributed by atoms with Gasteiger partial charge in [-0.1, -0.05) is 11.6 Å². The first-order valence-electron chi connectivity index (χ1n) is 5.84. The number of benzene rings is 1. The van der Waals surface area contributed by atoms with Gasteiger partial charge < -0.3 is 22.1 Å². The second kappa shape index (κ2) is 4.45. The lowest BCUT2D eigenvalue weighted by molar-refractivity contribution is -0.125. The van der Waals surface area contributed by atoms with Crippen LogP contribution in [-0.2, 0) is 4.79 Å². The molecule has 1 atom stereocenters. The number of rotatable bonds is 2. The van der Waals surface area contributed by atoms with Gasteiger partial charge in [0.1, 0.15) is 5.02 Å². The first kappa shape index (κ1) is 13.7. The summed E-state index contributed by atoms with van der Waals surface area (Å²) < 4.78 is 14.2. The highest BCUT2D eigenvalue weighted by Gasteiger charge is 2.40. The van der Waals surface area contributed by atoms with Crippen molar-refractivity contribution in [2.45, 2.75) is 13.3 Å². The standard InChI is InChI=1S/C12H16ClFN4O/c1-12(11(17)19)2-3-18(5-12)10-7(16)4-6(15)8(13)9(10)14/h4H,2-3,5,15-16H2,1H3,(H2,17,19). The van der Waals surface area contributed by atoms with Crippen LogP contribution in [0, 0.1) is 11.2 Å². The summed E-state index contributed by atoms with van der Waals surface area (Å²) in [5.74, 6) is -1.07. The largest absolute Gasteiger partial charge is 0.397 e. The van der Waals surface area contributed by atoms with Crippen LogP contribution in [0.3, 0.4) is 0 Å². The second-order valence-electron chi connectivity index (χ2n) is 5.13. The molecule has 1 saturated heterocycles. The Hall–Kier alpha value is -1.69. The first-order valence-corrected chi connectivity index (χ1v) is 6.22. The van der Waals surface area contributed by atoms with E-state index in [0.29, 0.717) is 19.5 Å². The van der Waals surface area contributed by atoms with Crippen LogP contribution in [0.25, 0.3) is 0 Å². The maximum atomic E-state index is 14.2. The summed E-state index contributed by atoms with van der Waals surface area (Å²) in [6, 6.07) is 1.42. The molecule has 7 heteroatoms. The van der Waals surface area contributed by atoms with Crippen LogP contribution in [0.15, 0.2) is 6.07 Å². The number of amides is 1. The number of carbonyl (C=O) groups excluding carboxylic acids is 1. The SMILES string of the molecule is CC1(C(N)=O)CCN(c2c(N)cc(N)c(Cl)c2F)C1. The van der Waals surface area contributed by atoms with E-state index in [2.05, 4.69) is 0 Å². The lowest BCUT2D eigenvalue weighted by Crippen LogP contribution is -2.37. The van der Waals surface area contributed by atoms with E-state index in [1.54, 1.807) is 11.8 Å². The van der Waals surface area contributed by atoms with Crippen molar-refractivity contribution in [3.8, 4) is 0 Å². The van der Waals surface area contributed by atoms with Crippen LogP contribution >= 0.6 is 11.6 Å². The zero-order chi connectivity index (χ0) is 14.4. The van der Waals surface area contributed by atoms with E-state index in [0.717, 1.165) is 0 Å². The van der Waals surface area contributed by atoms with Gasteiger partial charge in [0.2, 0.25) is 5.91 Å². The summed E-state index contributed by atoms with van der Waals surface area (Å²) in [7, 11) is 0. The van der Waals surface area contributed by atoms with Gasteiger partial charge in [0.05, 0.1) is 22.5 Å². The maximum absolute atomic E-state index is 14.2. The Morgan fingerprint density at radius 1 is 1.47 bits per heavy atom. The number of primary amides is 1. The number of halogens is 2. The molecule has 0 radical (unpaired) electrons. The second-order valence-corrected chi connectivity index (χ2v) is 5.51. The van der Waals surface area contributed by atoms with Crippen LogP contribution in [-0.4, -0.2) is 19.0 Å². The fourth-order valence-electron chi connectivity index (χ4n) is 2.33. The first-order chi connectivity index (χ1) is 8.76. The van der Waals surface area contributed by atoms with Gasteiger partial charge in [-0.05, 0) is 19.4 Å². The molecule has 2 rings (SSSR count). The Morgan fingerprint density at radius 3 is 2.63 bits per heavy atom. The molecule has 1 unspecified atom stereocenters. The lowest BCUT2D eigenvalue weighted by atomic mass is 9.89. The predicted molar refractivity (Wildman–Crippen MR) is 74.4 cm³/mol. The molecule has 19 heavy (non-hydrogen) atoms. The Labute approximate surface area is 115 Å². The topological polar surface area (TPSA) is 98.4 Å². The fraction of sp³-hybridized carbons (Fsp3) is 0.417. The van der Waals surface area contributed by atoms with Gasteiger partial charge in [-0.25, -0.2) is 4.39 Å². The molecule has 5 nitrogen and oxygen atoms in total. The highest BCUT2D eigenvalue weighted by Crippen LogP contribution is 2.40. The number of carbonyl (C=O) groups is 1. The number of nitrogens with zero attached hydrogens (tertiary/aromatic N) is 1. The number of hydrogen-bond donors (Lipinski definition) is 3. The average Bonchev–Trinajstić information content (AvgIpc) is 2.70. The van der Waals surface area contributed by atoms with Crippen molar-refractivity contribution in [2.75, 3.05) is 29.5 Å². The van der Waals surface area contributed by atoms with E-state index in [1.165, 1.54) is 6.07 Å². The van der Waals surface area contributed by atoms with Crippen molar-refractivity contribution in [3.63, 3.8) is 0 Å². The average molecular weight is 287 g/mol. The summed E-state index contributed by atoms with van der Waals surface area (Å²) in [5.41, 5.74) is 16.5. The van der Waals surface area contributed by atoms with Gasteiger partial charge in [-0.2, -0.15) is 0 Å². The Morgan fingerprint density at radius 2 is 2.11 bits per heavy atom. The highest BCUT2D eigenvalue weighted by molar-refractivity contribution is 6.33. The van der Waals surface area contributed by atoms with E-state index in [9.17, 15) is 9.18 Å². The highest BCUT2D eigenvalue weighted by atomic mass is 35.5. The van der Waals surface area contributed by atoms with E-state index in [-0.39, 0.29) is 22.1 Å². The van der Waals surface area contributed by atoms with Gasteiger partial charge in [0, 0.05) is 13.1 Å². The van der Waals surface area contributed by atoms with E-state index < -0.39 is 17.1 Å². The van der Waals surface area contributed by atoms with Gasteiger partial charge in [0.25, 0.3) is 0 Å². The van der Waals surface area contributed by atoms with Crippen LogP contribution in [0.2, 0.25) is 5.02 Å². The van der Waals surface area contributed by atoms with Gasteiger partial charge in [-0.15, -0.1) is 0 Å². The molecule has 104 valence electrons. The molecule has 0 saturated carbocycles. The van der Waals surface area contributed by atoms with Crippen molar-refractivity contribution < 1.29 is 9.18 Å².